The molecule has 0 heterocycles. The van der Waals surface area contributed by atoms with Gasteiger partial charge in [-0.3, -0.25) is 0 Å². The van der Waals surface area contributed by atoms with Crippen molar-refractivity contribution in [3.8, 4) is 5.75 Å². The molecule has 0 spiro atoms. The molecular weight excluding hydrogens is 290 g/mol. The average molecular weight is 313 g/mol. The van der Waals surface area contributed by atoms with Crippen LogP contribution in [0.2, 0.25) is 0 Å². The Kier molecular flexibility index (Phi) is 10.4. The largest absolute Gasteiger partial charge is 0.492 e. The van der Waals surface area contributed by atoms with Crippen LogP contribution < -0.4 is 10.1 Å². The minimum atomic E-state index is -1.82. The van der Waals surface area contributed by atoms with E-state index in [9.17, 15) is 0 Å². The summed E-state index contributed by atoms with van der Waals surface area (Å²) in [5.41, 5.74) is 2.41. The van der Waals surface area contributed by atoms with Crippen LogP contribution in [0.3, 0.4) is 0 Å². The summed E-state index contributed by atoms with van der Waals surface area (Å²) in [6.07, 6.45) is 0. The summed E-state index contributed by atoms with van der Waals surface area (Å²) >= 11 is 0. The zero-order valence-corrected chi connectivity index (χ0v) is 13.1. The number of hydrogen-bond acceptors (Lipinski definition) is 5. The first-order valence-electron chi connectivity index (χ1n) is 6.74. The van der Waals surface area contributed by atoms with E-state index in [4.69, 9.17) is 29.3 Å². The van der Waals surface area contributed by atoms with Gasteiger partial charge in [-0.25, -0.2) is 9.59 Å². The van der Waals surface area contributed by atoms with Crippen molar-refractivity contribution in [2.45, 2.75) is 13.8 Å². The minimum Gasteiger partial charge on any atom is -0.492 e. The first-order valence-corrected chi connectivity index (χ1v) is 6.74. The Bertz CT molecular complexity index is 463. The smallest absolute Gasteiger partial charge is 0.414 e. The number of aryl methyl sites for hydroxylation is 2. The topological polar surface area (TPSA) is 105 Å². The Morgan fingerprint density at radius 3 is 2.23 bits per heavy atom. The molecule has 1 rings (SSSR count). The molecule has 0 amide bonds. The molecule has 0 unspecified atom stereocenters. The van der Waals surface area contributed by atoms with Crippen LogP contribution in [0.4, 0.5) is 0 Å². The fourth-order valence-corrected chi connectivity index (χ4v) is 1.40. The van der Waals surface area contributed by atoms with Gasteiger partial charge in [0, 0.05) is 20.2 Å². The molecule has 0 atom stereocenters. The summed E-state index contributed by atoms with van der Waals surface area (Å²) in [5, 5.41) is 18.0. The standard InChI is InChI=1S/C13H21NO2.C2H2O4/c1-11-4-5-12(2)13(10-11)16-9-7-14-6-8-15-3;3-1(4)2(5)6/h4-5,10,14H,6-9H2,1-3H3;(H,3,4)(H,5,6). The quantitative estimate of drug-likeness (QED) is 0.511. The molecule has 0 saturated heterocycles. The molecule has 0 aromatic heterocycles. The highest BCUT2D eigenvalue weighted by Gasteiger charge is 2.04. The van der Waals surface area contributed by atoms with Crippen molar-refractivity contribution in [2.24, 2.45) is 0 Å². The fraction of sp³-hybridized carbons (Fsp3) is 0.467. The maximum Gasteiger partial charge on any atom is 0.414 e. The van der Waals surface area contributed by atoms with Gasteiger partial charge in [0.2, 0.25) is 0 Å². The first kappa shape index (κ1) is 19.9. The monoisotopic (exact) mass is 313 g/mol. The highest BCUT2D eigenvalue weighted by Crippen LogP contribution is 2.18. The number of methoxy groups -OCH3 is 1. The van der Waals surface area contributed by atoms with Crippen molar-refractivity contribution >= 4 is 11.9 Å². The third-order valence-electron chi connectivity index (χ3n) is 2.55. The Morgan fingerprint density at radius 2 is 1.68 bits per heavy atom. The van der Waals surface area contributed by atoms with Crippen LogP contribution >= 0.6 is 0 Å². The molecular formula is C15H23NO6. The summed E-state index contributed by atoms with van der Waals surface area (Å²) < 4.78 is 10.6. The SMILES string of the molecule is COCCNCCOc1cc(C)ccc1C.O=C(O)C(=O)O. The zero-order valence-electron chi connectivity index (χ0n) is 13.1. The minimum absolute atomic E-state index is 0.688. The Labute approximate surface area is 129 Å². The normalized spacial score (nSPS) is 9.59. The summed E-state index contributed by atoms with van der Waals surface area (Å²) in [5.74, 6) is -2.67. The summed E-state index contributed by atoms with van der Waals surface area (Å²) in [6.45, 7) is 7.27. The van der Waals surface area contributed by atoms with Crippen LogP contribution in [-0.4, -0.2) is 55.6 Å². The van der Waals surface area contributed by atoms with Crippen LogP contribution in [-0.2, 0) is 14.3 Å². The molecule has 0 aliphatic rings. The van der Waals surface area contributed by atoms with Crippen molar-refractivity contribution < 1.29 is 29.3 Å². The molecule has 0 aliphatic carbocycles. The molecule has 0 fully saturated rings. The predicted molar refractivity (Wildman–Crippen MR) is 81.4 cm³/mol. The summed E-state index contributed by atoms with van der Waals surface area (Å²) in [6, 6.07) is 6.26. The van der Waals surface area contributed by atoms with Crippen LogP contribution in [0.1, 0.15) is 11.1 Å². The third-order valence-corrected chi connectivity index (χ3v) is 2.55. The molecule has 3 N–H and O–H groups in total. The Balaban J connectivity index is 0.000000626. The van der Waals surface area contributed by atoms with E-state index in [0.29, 0.717) is 6.61 Å². The Hall–Kier alpha value is -2.12. The van der Waals surface area contributed by atoms with Crippen molar-refractivity contribution in [3.05, 3.63) is 29.3 Å². The molecule has 1 aromatic rings. The first-order chi connectivity index (χ1) is 10.4. The Morgan fingerprint density at radius 1 is 1.09 bits per heavy atom. The van der Waals surface area contributed by atoms with Gasteiger partial charge in [0.05, 0.1) is 6.61 Å². The van der Waals surface area contributed by atoms with Crippen molar-refractivity contribution in [3.63, 3.8) is 0 Å². The van der Waals surface area contributed by atoms with Crippen molar-refractivity contribution in [2.75, 3.05) is 33.4 Å². The molecule has 0 saturated carbocycles. The molecule has 0 aliphatic heterocycles. The number of carbonyl (C=O) groups is 2. The summed E-state index contributed by atoms with van der Waals surface area (Å²) in [7, 11) is 1.70. The van der Waals surface area contributed by atoms with E-state index in [1.807, 2.05) is 0 Å². The number of nitrogens with one attached hydrogen (secondary N) is 1. The molecule has 0 radical (unpaired) electrons. The molecule has 0 bridgehead atoms. The van der Waals surface area contributed by atoms with Crippen molar-refractivity contribution in [1.82, 2.24) is 5.32 Å². The second-order valence-corrected chi connectivity index (χ2v) is 4.47. The van der Waals surface area contributed by atoms with Gasteiger partial charge < -0.3 is 25.0 Å². The zero-order chi connectivity index (χ0) is 17.0. The van der Waals surface area contributed by atoms with E-state index in [-0.39, 0.29) is 0 Å². The van der Waals surface area contributed by atoms with E-state index < -0.39 is 11.9 Å². The third kappa shape index (κ3) is 9.73. The second-order valence-electron chi connectivity index (χ2n) is 4.47. The lowest BCUT2D eigenvalue weighted by Gasteiger charge is -2.10. The van der Waals surface area contributed by atoms with E-state index in [2.05, 4.69) is 37.4 Å². The number of benzene rings is 1. The average Bonchev–Trinajstić information content (AvgIpc) is 2.46. The fourth-order valence-electron chi connectivity index (χ4n) is 1.40. The molecule has 124 valence electrons. The molecule has 7 nitrogen and oxygen atoms in total. The predicted octanol–water partition coefficient (Wildman–Crippen LogP) is 1.07. The van der Waals surface area contributed by atoms with Crippen LogP contribution in [0, 0.1) is 13.8 Å². The number of hydrogen-bond donors (Lipinski definition) is 3. The van der Waals surface area contributed by atoms with Gasteiger partial charge in [-0.2, -0.15) is 0 Å². The van der Waals surface area contributed by atoms with Crippen LogP contribution in [0.5, 0.6) is 5.75 Å². The molecule has 7 heteroatoms. The maximum absolute atomic E-state index is 9.10. The van der Waals surface area contributed by atoms with Gasteiger partial charge in [0.25, 0.3) is 0 Å². The lowest BCUT2D eigenvalue weighted by atomic mass is 10.1. The van der Waals surface area contributed by atoms with Gasteiger partial charge in [-0.1, -0.05) is 12.1 Å². The lowest BCUT2D eigenvalue weighted by molar-refractivity contribution is -0.159. The van der Waals surface area contributed by atoms with E-state index in [1.165, 1.54) is 11.1 Å². The van der Waals surface area contributed by atoms with E-state index >= 15 is 0 Å². The van der Waals surface area contributed by atoms with E-state index in [0.717, 1.165) is 25.4 Å². The molecule has 22 heavy (non-hydrogen) atoms. The number of aliphatic carboxylic acids is 2. The van der Waals surface area contributed by atoms with Gasteiger partial charge in [-0.05, 0) is 31.0 Å². The number of carboxylic acid groups (broad SMARTS) is 2. The maximum atomic E-state index is 9.10. The highest BCUT2D eigenvalue weighted by molar-refractivity contribution is 6.27. The van der Waals surface area contributed by atoms with Crippen LogP contribution in [0.15, 0.2) is 18.2 Å². The number of carboxylic acids is 2. The summed E-state index contributed by atoms with van der Waals surface area (Å²) in [4.78, 5) is 18.2. The van der Waals surface area contributed by atoms with Gasteiger partial charge in [0.15, 0.2) is 0 Å². The highest BCUT2D eigenvalue weighted by atomic mass is 16.5. The van der Waals surface area contributed by atoms with Gasteiger partial charge in [-0.15, -0.1) is 0 Å². The van der Waals surface area contributed by atoms with Gasteiger partial charge in [0.1, 0.15) is 12.4 Å². The second kappa shape index (κ2) is 11.5. The van der Waals surface area contributed by atoms with Gasteiger partial charge >= 0.3 is 11.9 Å². The van der Waals surface area contributed by atoms with Crippen molar-refractivity contribution in [1.29, 1.82) is 0 Å². The van der Waals surface area contributed by atoms with E-state index in [1.54, 1.807) is 7.11 Å². The number of rotatable bonds is 7. The van der Waals surface area contributed by atoms with Crippen LogP contribution in [0.25, 0.3) is 0 Å². The number of ether oxygens (including phenoxy) is 2. The molecule has 1 aromatic carbocycles. The lowest BCUT2D eigenvalue weighted by Crippen LogP contribution is -2.24.